The molecule has 0 spiro atoms. The minimum atomic E-state index is 0.312. The van der Waals surface area contributed by atoms with Crippen LogP contribution in [0.3, 0.4) is 0 Å². The van der Waals surface area contributed by atoms with Crippen LogP contribution in [-0.4, -0.2) is 36.1 Å². The van der Waals surface area contributed by atoms with Crippen LogP contribution in [0.5, 0.6) is 5.88 Å². The van der Waals surface area contributed by atoms with E-state index in [-0.39, 0.29) is 0 Å². The molecule has 31 heavy (non-hydrogen) atoms. The number of nitriles is 1. The maximum Gasteiger partial charge on any atom is 0.218 e. The molecule has 1 atom stereocenters. The van der Waals surface area contributed by atoms with Crippen LogP contribution in [0.25, 0.3) is 22.0 Å². The van der Waals surface area contributed by atoms with Crippen molar-refractivity contribution in [3.63, 3.8) is 0 Å². The van der Waals surface area contributed by atoms with Gasteiger partial charge in [-0.3, -0.25) is 0 Å². The Hall–Kier alpha value is -2.90. The Morgan fingerprint density at radius 2 is 2.03 bits per heavy atom. The zero-order chi connectivity index (χ0) is 21.2. The summed E-state index contributed by atoms with van der Waals surface area (Å²) >= 11 is 0. The summed E-state index contributed by atoms with van der Waals surface area (Å²) < 4.78 is 6.18. The molecule has 2 aromatic carbocycles. The van der Waals surface area contributed by atoms with Crippen molar-refractivity contribution in [2.24, 2.45) is 0 Å². The van der Waals surface area contributed by atoms with Crippen LogP contribution in [-0.2, 0) is 19.3 Å². The predicted molar refractivity (Wildman–Crippen MR) is 124 cm³/mol. The number of pyridine rings is 1. The van der Waals surface area contributed by atoms with Crippen molar-refractivity contribution in [1.82, 2.24) is 9.88 Å². The van der Waals surface area contributed by atoms with Gasteiger partial charge in [0.05, 0.1) is 18.0 Å². The number of aryl methyl sites for hydroxylation is 1. The molecular weight excluding hydrogens is 382 g/mol. The third-order valence-corrected chi connectivity index (χ3v) is 6.92. The topological polar surface area (TPSA) is 49.1 Å². The molecule has 0 N–H and O–H groups in total. The van der Waals surface area contributed by atoms with Gasteiger partial charge in [-0.15, -0.1) is 0 Å². The van der Waals surface area contributed by atoms with Crippen LogP contribution in [0.15, 0.2) is 42.5 Å². The van der Waals surface area contributed by atoms with Crippen LogP contribution < -0.4 is 4.74 Å². The third kappa shape index (κ3) is 4.03. The second-order valence-electron chi connectivity index (χ2n) is 8.93. The number of fused-ring (bicyclic) bond motifs is 2. The van der Waals surface area contributed by atoms with E-state index in [1.54, 1.807) is 0 Å². The molecule has 0 radical (unpaired) electrons. The second kappa shape index (κ2) is 8.69. The van der Waals surface area contributed by atoms with Gasteiger partial charge in [0.25, 0.3) is 0 Å². The van der Waals surface area contributed by atoms with Gasteiger partial charge in [0.1, 0.15) is 6.61 Å². The zero-order valence-corrected chi connectivity index (χ0v) is 18.2. The van der Waals surface area contributed by atoms with Crippen molar-refractivity contribution in [2.75, 3.05) is 20.2 Å². The Labute approximate surface area is 184 Å². The lowest BCUT2D eigenvalue weighted by Crippen LogP contribution is -2.30. The predicted octanol–water partition coefficient (Wildman–Crippen LogP) is 5.32. The van der Waals surface area contributed by atoms with Crippen molar-refractivity contribution in [3.05, 3.63) is 59.2 Å². The summed E-state index contributed by atoms with van der Waals surface area (Å²) in [5.41, 5.74) is 7.34. The summed E-state index contributed by atoms with van der Waals surface area (Å²) in [5.74, 6) is 0.613. The number of aromatic nitrogens is 1. The molecule has 4 nitrogen and oxygen atoms in total. The molecule has 1 aromatic heterocycles. The maximum atomic E-state index is 9.30. The first kappa shape index (κ1) is 20.0. The van der Waals surface area contributed by atoms with Gasteiger partial charge in [-0.25, -0.2) is 4.98 Å². The molecule has 5 rings (SSSR count). The maximum absolute atomic E-state index is 9.30. The Morgan fingerprint density at radius 3 is 2.87 bits per heavy atom. The Balaban J connectivity index is 1.51. The van der Waals surface area contributed by atoms with E-state index in [0.717, 1.165) is 35.9 Å². The molecule has 4 heteroatoms. The van der Waals surface area contributed by atoms with Crippen LogP contribution in [0.4, 0.5) is 0 Å². The van der Waals surface area contributed by atoms with Gasteiger partial charge in [-0.05, 0) is 86.5 Å². The smallest absolute Gasteiger partial charge is 0.218 e. The van der Waals surface area contributed by atoms with Gasteiger partial charge in [-0.1, -0.05) is 30.3 Å². The standard InChI is InChI=1S/C27H29N3O/c1-30-15-5-8-23(30)18-31-27-22(13-14-28)16-21-12-11-20(17-26(21)29-27)25-10-4-7-19-6-2-3-9-24(19)25/h4,7,10-12,16-17,23H,2-3,5-6,8-9,13,15,18H2,1H3/t23-/m0/s1. The SMILES string of the molecule is CN1CCC[C@H]1COc1nc2cc(-c3cccc4c3CCCC4)ccc2cc1CC#N. The normalized spacial score (nSPS) is 18.6. The van der Waals surface area contributed by atoms with Crippen LogP contribution in [0, 0.1) is 11.3 Å². The van der Waals surface area contributed by atoms with Crippen molar-refractivity contribution < 1.29 is 4.74 Å². The highest BCUT2D eigenvalue weighted by Crippen LogP contribution is 2.34. The second-order valence-corrected chi connectivity index (χ2v) is 8.93. The molecule has 0 unspecified atom stereocenters. The molecule has 158 valence electrons. The van der Waals surface area contributed by atoms with Crippen molar-refractivity contribution in [3.8, 4) is 23.1 Å². The van der Waals surface area contributed by atoms with Crippen molar-refractivity contribution in [2.45, 2.75) is 51.0 Å². The molecule has 0 saturated carbocycles. The third-order valence-electron chi connectivity index (χ3n) is 6.92. The van der Waals surface area contributed by atoms with Gasteiger partial charge in [0.15, 0.2) is 0 Å². The lowest BCUT2D eigenvalue weighted by molar-refractivity contribution is 0.192. The number of benzene rings is 2. The average molecular weight is 412 g/mol. The minimum absolute atomic E-state index is 0.312. The molecule has 1 aliphatic carbocycles. The fourth-order valence-corrected chi connectivity index (χ4v) is 5.11. The Kier molecular flexibility index (Phi) is 5.61. The molecule has 2 aliphatic rings. The number of likely N-dealkylation sites (N-methyl/N-ethyl adjacent to an activating group) is 1. The van der Waals surface area contributed by atoms with Crippen molar-refractivity contribution >= 4 is 10.9 Å². The number of likely N-dealkylation sites (tertiary alicyclic amines) is 1. The largest absolute Gasteiger partial charge is 0.476 e. The number of nitrogens with zero attached hydrogens (tertiary/aromatic N) is 3. The van der Waals surface area contributed by atoms with E-state index >= 15 is 0 Å². The van der Waals surface area contributed by atoms with E-state index in [1.165, 1.54) is 47.9 Å². The molecule has 1 saturated heterocycles. The summed E-state index contributed by atoms with van der Waals surface area (Å²) in [5, 5.41) is 10.4. The van der Waals surface area contributed by atoms with Gasteiger partial charge in [0.2, 0.25) is 5.88 Å². The lowest BCUT2D eigenvalue weighted by atomic mass is 9.86. The molecule has 1 fully saturated rings. The van der Waals surface area contributed by atoms with E-state index < -0.39 is 0 Å². The van der Waals surface area contributed by atoms with Gasteiger partial charge < -0.3 is 9.64 Å². The average Bonchev–Trinajstić information content (AvgIpc) is 3.22. The summed E-state index contributed by atoms with van der Waals surface area (Å²) in [6, 6.07) is 18.0. The number of hydrogen-bond donors (Lipinski definition) is 0. The van der Waals surface area contributed by atoms with E-state index in [1.807, 2.05) is 0 Å². The summed E-state index contributed by atoms with van der Waals surface area (Å²) in [4.78, 5) is 7.24. The first-order chi connectivity index (χ1) is 15.2. The molecule has 3 aromatic rings. The zero-order valence-electron chi connectivity index (χ0n) is 18.2. The number of rotatable bonds is 5. The van der Waals surface area contributed by atoms with Gasteiger partial charge in [-0.2, -0.15) is 5.26 Å². The molecule has 1 aliphatic heterocycles. The van der Waals surface area contributed by atoms with E-state index in [9.17, 15) is 5.26 Å². The first-order valence-corrected chi connectivity index (χ1v) is 11.5. The van der Waals surface area contributed by atoms with Crippen LogP contribution >= 0.6 is 0 Å². The van der Waals surface area contributed by atoms with Crippen LogP contribution in [0.2, 0.25) is 0 Å². The molecular formula is C27H29N3O. The molecule has 2 heterocycles. The molecule has 0 bridgehead atoms. The van der Waals surface area contributed by atoms with E-state index in [2.05, 4.69) is 60.5 Å². The summed E-state index contributed by atoms with van der Waals surface area (Å²) in [6.07, 6.45) is 7.57. The minimum Gasteiger partial charge on any atom is -0.476 e. The number of hydrogen-bond acceptors (Lipinski definition) is 4. The fraction of sp³-hybridized carbons (Fsp3) is 0.407. The highest BCUT2D eigenvalue weighted by atomic mass is 16.5. The monoisotopic (exact) mass is 411 g/mol. The van der Waals surface area contributed by atoms with Gasteiger partial charge >= 0.3 is 0 Å². The van der Waals surface area contributed by atoms with E-state index in [0.29, 0.717) is 24.9 Å². The fourth-order valence-electron chi connectivity index (χ4n) is 5.11. The highest BCUT2D eigenvalue weighted by molar-refractivity contribution is 5.86. The van der Waals surface area contributed by atoms with Gasteiger partial charge in [0, 0.05) is 17.0 Å². The highest BCUT2D eigenvalue weighted by Gasteiger charge is 2.22. The Bertz CT molecular complexity index is 1150. The molecule has 0 amide bonds. The van der Waals surface area contributed by atoms with Crippen molar-refractivity contribution in [1.29, 1.82) is 5.26 Å². The Morgan fingerprint density at radius 1 is 1.13 bits per heavy atom. The first-order valence-electron chi connectivity index (χ1n) is 11.5. The summed E-state index contributed by atoms with van der Waals surface area (Å²) in [7, 11) is 2.15. The quantitative estimate of drug-likeness (QED) is 0.570. The lowest BCUT2D eigenvalue weighted by Gasteiger charge is -2.21. The number of ether oxygens (including phenoxy) is 1. The van der Waals surface area contributed by atoms with E-state index in [4.69, 9.17) is 9.72 Å². The summed E-state index contributed by atoms with van der Waals surface area (Å²) in [6.45, 7) is 1.74. The van der Waals surface area contributed by atoms with Crippen LogP contribution in [0.1, 0.15) is 42.4 Å².